The minimum atomic E-state index is -0.178. The average Bonchev–Trinajstić information content (AvgIpc) is 3.05. The molecule has 0 unspecified atom stereocenters. The Balaban J connectivity index is 1.51. The van der Waals surface area contributed by atoms with Crippen LogP contribution >= 0.6 is 0 Å². The summed E-state index contributed by atoms with van der Waals surface area (Å²) in [5, 5.41) is 6.88. The molecule has 0 spiro atoms. The number of nitrogens with one attached hydrogen (secondary N) is 1. The van der Waals surface area contributed by atoms with E-state index in [-0.39, 0.29) is 11.9 Å². The number of aromatic nitrogens is 1. The zero-order chi connectivity index (χ0) is 16.8. The van der Waals surface area contributed by atoms with E-state index in [1.54, 1.807) is 6.07 Å². The van der Waals surface area contributed by atoms with Gasteiger partial charge in [-0.25, -0.2) is 0 Å². The van der Waals surface area contributed by atoms with E-state index >= 15 is 0 Å². The number of rotatable bonds is 6. The molecule has 3 rings (SSSR count). The van der Waals surface area contributed by atoms with Gasteiger partial charge in [0.25, 0.3) is 5.91 Å². The van der Waals surface area contributed by atoms with Crippen molar-refractivity contribution in [2.75, 3.05) is 20.3 Å². The molecule has 1 aromatic carbocycles. The number of nitrogens with zero attached hydrogens (tertiary/aromatic N) is 2. The first-order chi connectivity index (χ1) is 11.7. The molecule has 1 amide bonds. The van der Waals surface area contributed by atoms with E-state index in [0.717, 1.165) is 19.4 Å². The monoisotopic (exact) mass is 329 g/mol. The highest BCUT2D eigenvalue weighted by Crippen LogP contribution is 2.11. The lowest BCUT2D eigenvalue weighted by Gasteiger charge is -2.22. The maximum atomic E-state index is 12.2. The van der Waals surface area contributed by atoms with Gasteiger partial charge in [-0.2, -0.15) is 0 Å². The third-order valence-electron chi connectivity index (χ3n) is 4.07. The van der Waals surface area contributed by atoms with Crippen LogP contribution in [0.3, 0.4) is 0 Å². The maximum absolute atomic E-state index is 12.2. The molecule has 1 N–H and O–H groups in total. The van der Waals surface area contributed by atoms with Crippen LogP contribution < -0.4 is 5.32 Å². The van der Waals surface area contributed by atoms with E-state index in [1.807, 2.05) is 25.2 Å². The van der Waals surface area contributed by atoms with Gasteiger partial charge < -0.3 is 14.6 Å². The highest BCUT2D eigenvalue weighted by Gasteiger charge is 2.19. The van der Waals surface area contributed by atoms with Crippen LogP contribution in [0.4, 0.5) is 0 Å². The Kier molecular flexibility index (Phi) is 5.61. The van der Waals surface area contributed by atoms with Crippen molar-refractivity contribution < 1.29 is 14.1 Å². The summed E-state index contributed by atoms with van der Waals surface area (Å²) in [4.78, 5) is 14.3. The summed E-state index contributed by atoms with van der Waals surface area (Å²) in [6, 6.07) is 12.1. The van der Waals surface area contributed by atoms with Crippen LogP contribution in [0.15, 0.2) is 40.9 Å². The summed E-state index contributed by atoms with van der Waals surface area (Å²) in [5.41, 5.74) is 1.57. The third kappa shape index (κ3) is 4.66. The standard InChI is InChI=1S/C18H23N3O3/c1-21(12-14-5-3-2-4-6-14)13-16-11-17(20-24-16)18(22)19-15-7-9-23-10-8-15/h2-6,11,15H,7-10,12-13H2,1H3,(H,19,22). The van der Waals surface area contributed by atoms with Gasteiger partial charge in [0, 0.05) is 31.9 Å². The Bertz CT molecular complexity index is 651. The smallest absolute Gasteiger partial charge is 0.273 e. The summed E-state index contributed by atoms with van der Waals surface area (Å²) in [6.07, 6.45) is 1.69. The van der Waals surface area contributed by atoms with Crippen LogP contribution in [0.25, 0.3) is 0 Å². The van der Waals surface area contributed by atoms with Gasteiger partial charge >= 0.3 is 0 Å². The van der Waals surface area contributed by atoms with E-state index < -0.39 is 0 Å². The van der Waals surface area contributed by atoms with Gasteiger partial charge in [-0.3, -0.25) is 9.69 Å². The second-order valence-corrected chi connectivity index (χ2v) is 6.20. The quantitative estimate of drug-likeness (QED) is 0.880. The van der Waals surface area contributed by atoms with Crippen molar-refractivity contribution in [3.63, 3.8) is 0 Å². The molecule has 1 aromatic heterocycles. The predicted molar refractivity (Wildman–Crippen MR) is 89.4 cm³/mol. The first-order valence-corrected chi connectivity index (χ1v) is 8.27. The van der Waals surface area contributed by atoms with Crippen molar-refractivity contribution in [1.82, 2.24) is 15.4 Å². The van der Waals surface area contributed by atoms with E-state index in [4.69, 9.17) is 9.26 Å². The summed E-state index contributed by atoms with van der Waals surface area (Å²) in [7, 11) is 2.01. The molecule has 1 fully saturated rings. The van der Waals surface area contributed by atoms with E-state index in [9.17, 15) is 4.79 Å². The van der Waals surface area contributed by atoms with Gasteiger partial charge in [0.2, 0.25) is 0 Å². The minimum Gasteiger partial charge on any atom is -0.381 e. The zero-order valence-electron chi connectivity index (χ0n) is 13.9. The van der Waals surface area contributed by atoms with Crippen molar-refractivity contribution in [3.8, 4) is 0 Å². The number of amides is 1. The van der Waals surface area contributed by atoms with E-state index in [1.165, 1.54) is 5.56 Å². The molecule has 2 heterocycles. The number of carbonyl (C=O) groups is 1. The fourth-order valence-corrected chi connectivity index (χ4v) is 2.81. The molecule has 128 valence electrons. The lowest BCUT2D eigenvalue weighted by atomic mass is 10.1. The summed E-state index contributed by atoms with van der Waals surface area (Å²) in [6.45, 7) is 2.80. The normalized spacial score (nSPS) is 15.6. The van der Waals surface area contributed by atoms with Gasteiger partial charge in [-0.15, -0.1) is 0 Å². The van der Waals surface area contributed by atoms with Gasteiger partial charge in [0.15, 0.2) is 11.5 Å². The Labute approximate surface area is 141 Å². The molecule has 6 heteroatoms. The highest BCUT2D eigenvalue weighted by atomic mass is 16.5. The molecule has 0 atom stereocenters. The molecule has 0 aliphatic carbocycles. The predicted octanol–water partition coefficient (Wildman–Crippen LogP) is 2.22. The van der Waals surface area contributed by atoms with Crippen LogP contribution in [0.2, 0.25) is 0 Å². The molecule has 24 heavy (non-hydrogen) atoms. The Morgan fingerprint density at radius 2 is 2.00 bits per heavy atom. The third-order valence-corrected chi connectivity index (χ3v) is 4.07. The fraction of sp³-hybridized carbons (Fsp3) is 0.444. The van der Waals surface area contributed by atoms with E-state index in [0.29, 0.717) is 31.2 Å². The molecular weight excluding hydrogens is 306 g/mol. The van der Waals surface area contributed by atoms with Crippen LogP contribution in [-0.4, -0.2) is 42.3 Å². The molecule has 0 saturated carbocycles. The van der Waals surface area contributed by atoms with Crippen molar-refractivity contribution in [3.05, 3.63) is 53.4 Å². The highest BCUT2D eigenvalue weighted by molar-refractivity contribution is 5.92. The Morgan fingerprint density at radius 1 is 1.25 bits per heavy atom. The maximum Gasteiger partial charge on any atom is 0.273 e. The number of carbonyl (C=O) groups excluding carboxylic acids is 1. The number of ether oxygens (including phenoxy) is 1. The molecule has 1 aliphatic heterocycles. The summed E-state index contributed by atoms with van der Waals surface area (Å²) in [5.74, 6) is 0.508. The number of hydrogen-bond donors (Lipinski definition) is 1. The van der Waals surface area contributed by atoms with Crippen LogP contribution in [0.5, 0.6) is 0 Å². The van der Waals surface area contributed by atoms with Crippen LogP contribution in [-0.2, 0) is 17.8 Å². The zero-order valence-corrected chi connectivity index (χ0v) is 13.9. The molecule has 1 saturated heterocycles. The van der Waals surface area contributed by atoms with Gasteiger partial charge in [0.05, 0.1) is 6.54 Å². The van der Waals surface area contributed by atoms with Gasteiger partial charge in [0.1, 0.15) is 0 Å². The second-order valence-electron chi connectivity index (χ2n) is 6.20. The molecule has 0 bridgehead atoms. The Morgan fingerprint density at radius 3 is 2.75 bits per heavy atom. The Hall–Kier alpha value is -2.18. The molecular formula is C18H23N3O3. The van der Waals surface area contributed by atoms with Crippen molar-refractivity contribution in [2.45, 2.75) is 32.0 Å². The first-order valence-electron chi connectivity index (χ1n) is 8.27. The van der Waals surface area contributed by atoms with Crippen molar-refractivity contribution in [1.29, 1.82) is 0 Å². The lowest BCUT2D eigenvalue weighted by molar-refractivity contribution is 0.0692. The van der Waals surface area contributed by atoms with Crippen molar-refractivity contribution >= 4 is 5.91 Å². The van der Waals surface area contributed by atoms with Crippen molar-refractivity contribution in [2.24, 2.45) is 0 Å². The van der Waals surface area contributed by atoms with E-state index in [2.05, 4.69) is 27.5 Å². The second kappa shape index (κ2) is 8.08. The summed E-state index contributed by atoms with van der Waals surface area (Å²) < 4.78 is 10.6. The first kappa shape index (κ1) is 16.7. The van der Waals surface area contributed by atoms with Gasteiger partial charge in [-0.1, -0.05) is 35.5 Å². The lowest BCUT2D eigenvalue weighted by Crippen LogP contribution is -2.39. The minimum absolute atomic E-state index is 0.159. The number of benzene rings is 1. The fourth-order valence-electron chi connectivity index (χ4n) is 2.81. The SMILES string of the molecule is CN(Cc1ccccc1)Cc1cc(C(=O)NC2CCOCC2)no1. The topological polar surface area (TPSA) is 67.6 Å². The van der Waals surface area contributed by atoms with Gasteiger partial charge in [-0.05, 0) is 25.5 Å². The average molecular weight is 329 g/mol. The van der Waals surface area contributed by atoms with Crippen LogP contribution in [0.1, 0.15) is 34.7 Å². The molecule has 6 nitrogen and oxygen atoms in total. The molecule has 1 aliphatic rings. The van der Waals surface area contributed by atoms with Crippen LogP contribution in [0, 0.1) is 0 Å². The molecule has 2 aromatic rings. The summed E-state index contributed by atoms with van der Waals surface area (Å²) >= 11 is 0. The largest absolute Gasteiger partial charge is 0.381 e. The molecule has 0 radical (unpaired) electrons. The number of hydrogen-bond acceptors (Lipinski definition) is 5.